The van der Waals surface area contributed by atoms with E-state index in [1.165, 1.54) is 132 Å². The summed E-state index contributed by atoms with van der Waals surface area (Å²) in [6.07, 6.45) is 25.8. The van der Waals surface area contributed by atoms with Crippen molar-refractivity contribution in [1.82, 2.24) is 18.8 Å². The zero-order chi connectivity index (χ0) is 49.6. The van der Waals surface area contributed by atoms with E-state index in [0.29, 0.717) is 44.3 Å². The second-order valence-corrected chi connectivity index (χ2v) is 20.7. The second-order valence-electron chi connectivity index (χ2n) is 20.7. The van der Waals surface area contributed by atoms with Crippen LogP contribution in [0.1, 0.15) is 142 Å². The van der Waals surface area contributed by atoms with Gasteiger partial charge in [0, 0.05) is 51.5 Å². The quantitative estimate of drug-likeness (QED) is 0.0150. The molecule has 4 N–H and O–H groups in total. The lowest BCUT2D eigenvalue weighted by Gasteiger charge is -2.26. The minimum Gasteiger partial charge on any atom is -0.397 e. The molecule has 0 radical (unpaired) electrons. The number of nitrogen functional groups attached to an aromatic ring is 2. The number of unbranched alkanes of at least 4 members (excludes halogenated alkanes) is 18. The Labute approximate surface area is 418 Å². The molecule has 0 fully saturated rings. The number of pyridine rings is 2. The molecule has 0 aliphatic carbocycles. The first-order chi connectivity index (χ1) is 35.2. The van der Waals surface area contributed by atoms with Gasteiger partial charge in [-0.3, -0.25) is 28.5 Å². The first kappa shape index (κ1) is 47.3. The summed E-state index contributed by atoms with van der Waals surface area (Å²) in [6.45, 7) is 6.43. The molecule has 0 amide bonds. The van der Waals surface area contributed by atoms with Crippen LogP contribution >= 0.6 is 0 Å². The van der Waals surface area contributed by atoms with E-state index in [1.807, 2.05) is 36.4 Å². The van der Waals surface area contributed by atoms with E-state index in [2.05, 4.69) is 43.0 Å². The molecular formula is C60H66N8O4. The Morgan fingerprint density at radius 3 is 1.26 bits per heavy atom. The lowest BCUT2D eigenvalue weighted by Crippen LogP contribution is -2.26. The molecule has 7 aromatic carbocycles. The van der Waals surface area contributed by atoms with Crippen LogP contribution in [0.25, 0.3) is 98.0 Å². The summed E-state index contributed by atoms with van der Waals surface area (Å²) in [4.78, 5) is 53.3. The van der Waals surface area contributed by atoms with Crippen molar-refractivity contribution in [3.63, 3.8) is 0 Å². The van der Waals surface area contributed by atoms with Crippen molar-refractivity contribution in [3.05, 3.63) is 104 Å². The van der Waals surface area contributed by atoms with Crippen LogP contribution in [0.2, 0.25) is 0 Å². The molecule has 0 unspecified atom stereocenters. The van der Waals surface area contributed by atoms with E-state index in [-0.39, 0.29) is 22.5 Å². The predicted octanol–water partition coefficient (Wildman–Crippen LogP) is 15.0. The number of imidazole rings is 2. The van der Waals surface area contributed by atoms with Crippen molar-refractivity contribution < 1.29 is 4.92 Å². The van der Waals surface area contributed by atoms with Crippen LogP contribution in [-0.4, -0.2) is 36.8 Å². The average Bonchev–Trinajstić information content (AvgIpc) is 3.95. The highest BCUT2D eigenvalue weighted by Crippen LogP contribution is 2.46. The van der Waals surface area contributed by atoms with Crippen molar-refractivity contribution in [3.8, 4) is 0 Å². The number of hydrogen-bond acceptors (Lipinski definition) is 9. The number of benzene rings is 7. The molecule has 0 atom stereocenters. The zero-order valence-electron chi connectivity index (χ0n) is 42.0. The number of aromatic nitrogens is 4. The normalized spacial score (nSPS) is 12.5. The fraction of sp³-hybridized carbons (Fsp3) is 0.400. The van der Waals surface area contributed by atoms with Crippen molar-refractivity contribution >= 4 is 121 Å². The maximum atomic E-state index is 14.9. The molecule has 370 valence electrons. The molecule has 11 rings (SSSR count). The Kier molecular flexibility index (Phi) is 13.0. The highest BCUT2D eigenvalue weighted by molar-refractivity contribution is 6.40. The predicted molar refractivity (Wildman–Crippen MR) is 301 cm³/mol. The van der Waals surface area contributed by atoms with Gasteiger partial charge in [-0.1, -0.05) is 154 Å². The zero-order valence-corrected chi connectivity index (χ0v) is 42.0. The molecular weight excluding hydrogens is 897 g/mol. The second kappa shape index (κ2) is 19.8. The lowest BCUT2D eigenvalue weighted by molar-refractivity contribution is -0.383. The van der Waals surface area contributed by atoms with Crippen molar-refractivity contribution in [1.29, 1.82) is 0 Å². The van der Waals surface area contributed by atoms with E-state index < -0.39 is 4.92 Å². The number of nitrogens with two attached hydrogens (primary N) is 2. The highest BCUT2D eigenvalue weighted by Gasteiger charge is 2.26. The summed E-state index contributed by atoms with van der Waals surface area (Å²) in [5.74, 6) is 0. The Morgan fingerprint density at radius 2 is 0.833 bits per heavy atom. The molecule has 0 saturated carbocycles. The molecule has 12 heteroatoms. The highest BCUT2D eigenvalue weighted by atomic mass is 16.6. The molecule has 0 saturated heterocycles. The number of fused-ring (bicyclic) bond motifs is 10. The van der Waals surface area contributed by atoms with Crippen LogP contribution in [0, 0.1) is 10.1 Å². The summed E-state index contributed by atoms with van der Waals surface area (Å²) in [7, 11) is 0. The van der Waals surface area contributed by atoms with Gasteiger partial charge in [0.05, 0.1) is 38.4 Å². The molecule has 0 aliphatic heterocycles. The minimum absolute atomic E-state index is 0.0131. The van der Waals surface area contributed by atoms with E-state index in [1.54, 1.807) is 4.40 Å². The fourth-order valence-corrected chi connectivity index (χ4v) is 12.3. The average molecular weight is 963 g/mol. The number of nitro groups is 1. The van der Waals surface area contributed by atoms with Gasteiger partial charge in [0.2, 0.25) is 0 Å². The van der Waals surface area contributed by atoms with Crippen LogP contribution in [-0.2, 0) is 0 Å². The van der Waals surface area contributed by atoms with Crippen LogP contribution in [0.15, 0.2) is 82.4 Å². The Morgan fingerprint density at radius 1 is 0.472 bits per heavy atom. The van der Waals surface area contributed by atoms with Gasteiger partial charge in [-0.15, -0.1) is 0 Å². The topological polar surface area (TPSA) is 167 Å². The first-order valence-electron chi connectivity index (χ1n) is 27.0. The van der Waals surface area contributed by atoms with Crippen LogP contribution in [0.4, 0.5) is 22.7 Å². The molecule has 0 aliphatic rings. The smallest absolute Gasteiger partial charge is 0.294 e. The Bertz CT molecular complexity index is 3890. The SMILES string of the molecule is CCCCCCCCCCCCN(CCCCCCCCCCCC)c1cc2nc3c4ccc5c6ccc7c(=O)n8c9cc([N+](=O)[O-])c(N)cc9nc8c8ccc(c9ccc(c(=O)n3c2cc1N)c4c59)c6c78. The van der Waals surface area contributed by atoms with E-state index >= 15 is 0 Å². The molecule has 0 bridgehead atoms. The van der Waals surface area contributed by atoms with E-state index in [0.717, 1.165) is 91.0 Å². The van der Waals surface area contributed by atoms with E-state index in [4.69, 9.17) is 21.4 Å². The van der Waals surface area contributed by atoms with E-state index in [9.17, 15) is 19.7 Å². The van der Waals surface area contributed by atoms with Gasteiger partial charge in [-0.25, -0.2) is 9.97 Å². The summed E-state index contributed by atoms with van der Waals surface area (Å²) in [5, 5.41) is 22.0. The molecule has 72 heavy (non-hydrogen) atoms. The number of hydrogen-bond donors (Lipinski definition) is 2. The van der Waals surface area contributed by atoms with Gasteiger partial charge in [-0.05, 0) is 87.6 Å². The number of nitro benzene ring substituents is 1. The van der Waals surface area contributed by atoms with Gasteiger partial charge >= 0.3 is 0 Å². The van der Waals surface area contributed by atoms with Gasteiger partial charge in [0.15, 0.2) is 0 Å². The molecule has 12 nitrogen and oxygen atoms in total. The maximum absolute atomic E-state index is 14.9. The summed E-state index contributed by atoms with van der Waals surface area (Å²) in [6, 6.07) is 23.0. The number of anilines is 3. The third-order valence-corrected chi connectivity index (χ3v) is 16.0. The van der Waals surface area contributed by atoms with Crippen molar-refractivity contribution in [2.75, 3.05) is 29.5 Å². The Balaban J connectivity index is 0.957. The molecule has 4 heterocycles. The van der Waals surface area contributed by atoms with Crippen LogP contribution in [0.5, 0.6) is 0 Å². The van der Waals surface area contributed by atoms with Crippen molar-refractivity contribution in [2.24, 2.45) is 0 Å². The van der Waals surface area contributed by atoms with Crippen LogP contribution in [0.3, 0.4) is 0 Å². The van der Waals surface area contributed by atoms with Crippen LogP contribution < -0.4 is 27.5 Å². The third kappa shape index (κ3) is 8.07. The molecule has 0 spiro atoms. The first-order valence-corrected chi connectivity index (χ1v) is 27.0. The third-order valence-electron chi connectivity index (χ3n) is 16.0. The maximum Gasteiger partial charge on any atom is 0.294 e. The summed E-state index contributed by atoms with van der Waals surface area (Å²) < 4.78 is 3.22. The number of nitrogens with zero attached hydrogens (tertiary/aromatic N) is 6. The molecule has 4 aromatic heterocycles. The van der Waals surface area contributed by atoms with Gasteiger partial charge in [0.25, 0.3) is 16.8 Å². The molecule has 11 aromatic rings. The monoisotopic (exact) mass is 963 g/mol. The summed E-state index contributed by atoms with van der Waals surface area (Å²) >= 11 is 0. The lowest BCUT2D eigenvalue weighted by atomic mass is 9.86. The fourth-order valence-electron chi connectivity index (χ4n) is 12.3. The van der Waals surface area contributed by atoms with Gasteiger partial charge in [-0.2, -0.15) is 0 Å². The Hall–Kier alpha value is -7.08. The number of rotatable bonds is 24. The van der Waals surface area contributed by atoms with Crippen molar-refractivity contribution in [2.45, 2.75) is 142 Å². The standard InChI is InChI=1S/C60H66N8O4/c1-3-5-7-9-11-13-15-17-19-21-31-65(32-22-20-18-16-14-12-10-8-6-4-2)49-35-48-51(34-46(49)62)66-58(64-48)42-28-24-38-40-26-30-44-55-41(27-23-37(53(40)55)39-25-29-43(59(66)69)56(42)54(38)39)57-63-47-33-45(61)50(68(71)72)36-52(47)67(57)60(44)70/h23-30,33-36H,3-22,31-32,61-62H2,1-2H3. The summed E-state index contributed by atoms with van der Waals surface area (Å²) in [5.41, 5.74) is 17.3. The van der Waals surface area contributed by atoms with Gasteiger partial charge < -0.3 is 16.4 Å². The van der Waals surface area contributed by atoms with Gasteiger partial charge in [0.1, 0.15) is 17.0 Å². The largest absolute Gasteiger partial charge is 0.397 e. The minimum atomic E-state index is -0.543.